The van der Waals surface area contributed by atoms with E-state index in [1.54, 1.807) is 89.8 Å². The number of thiocarbonyl (C=S) groups is 3. The van der Waals surface area contributed by atoms with Crippen molar-refractivity contribution in [1.29, 1.82) is 0 Å². The number of aliphatic hydroxyl groups excluding tert-OH is 1. The van der Waals surface area contributed by atoms with Gasteiger partial charge in [-0.25, -0.2) is 25.3 Å². The van der Waals surface area contributed by atoms with Gasteiger partial charge in [-0.05, 0) is 315 Å². The van der Waals surface area contributed by atoms with Crippen molar-refractivity contribution in [2.45, 2.75) is 96.9 Å². The zero-order valence-corrected chi connectivity index (χ0v) is 86.2. The first kappa shape index (κ1) is 108. The fourth-order valence-electron chi connectivity index (χ4n) is 14.7. The number of nitrogens with zero attached hydrogens (tertiary/aromatic N) is 4. The highest BCUT2D eigenvalue weighted by atomic mass is 127. The first-order valence-electron chi connectivity index (χ1n) is 43.5. The molecule has 1 atom stereocenters. The number of carboxylic acids is 1. The van der Waals surface area contributed by atoms with Crippen molar-refractivity contribution in [2.75, 3.05) is 47.0 Å². The third-order valence-corrected chi connectivity index (χ3v) is 30.0. The number of ether oxygens (including phenoxy) is 2. The summed E-state index contributed by atoms with van der Waals surface area (Å²) in [6.07, 6.45) is 10.5. The third-order valence-electron chi connectivity index (χ3n) is 21.8. The molecule has 4 saturated heterocycles. The third kappa shape index (κ3) is 30.3. The van der Waals surface area contributed by atoms with Gasteiger partial charge in [-0.2, -0.15) is 0 Å². The van der Waals surface area contributed by atoms with Crippen molar-refractivity contribution in [3.05, 3.63) is 340 Å². The summed E-state index contributed by atoms with van der Waals surface area (Å²) >= 11 is 27.5. The highest BCUT2D eigenvalue weighted by Crippen LogP contribution is 2.46. The highest BCUT2D eigenvalue weighted by Gasteiger charge is 2.46. The molecule has 5 aliphatic heterocycles. The summed E-state index contributed by atoms with van der Waals surface area (Å²) in [6.45, 7) is 9.87. The number of sulfone groups is 3. The molecule has 2 aromatic heterocycles. The number of aryl methyl sites for hydroxylation is 4. The maximum absolute atomic E-state index is 13.0. The van der Waals surface area contributed by atoms with Crippen molar-refractivity contribution in [3.8, 4) is 28.6 Å². The van der Waals surface area contributed by atoms with E-state index in [1.807, 2.05) is 157 Å². The van der Waals surface area contributed by atoms with Gasteiger partial charge in [0.15, 0.2) is 51.3 Å². The molecule has 6 N–H and O–H groups in total. The zero-order valence-electron chi connectivity index (χ0n) is 76.0. The van der Waals surface area contributed by atoms with Gasteiger partial charge in [0.1, 0.15) is 44.4 Å². The lowest BCUT2D eigenvalue weighted by Crippen LogP contribution is -2.51. The number of nitrogens with one attached hydrogen (secondary N) is 4. The van der Waals surface area contributed by atoms with Crippen molar-refractivity contribution in [3.63, 3.8) is 0 Å². The van der Waals surface area contributed by atoms with Crippen LogP contribution in [-0.2, 0) is 100.0 Å². The summed E-state index contributed by atoms with van der Waals surface area (Å²) in [5.41, 5.74) is 12.9. The topological polar surface area (TPSA) is 396 Å². The van der Waals surface area contributed by atoms with Gasteiger partial charge in [-0.15, -0.1) is 0 Å². The quantitative estimate of drug-likeness (QED) is 0.00872. The minimum Gasteiger partial charge on any atom is -0.493 e. The number of carbonyl (C=O) groups excluding carboxylic acids is 9. The summed E-state index contributed by atoms with van der Waals surface area (Å²) in [6, 6.07) is 71.3. The molecular weight excluding hydrogens is 2120 g/mol. The van der Waals surface area contributed by atoms with Crippen molar-refractivity contribution in [1.82, 2.24) is 35.3 Å². The van der Waals surface area contributed by atoms with Crippen LogP contribution in [0.25, 0.3) is 29.1 Å². The van der Waals surface area contributed by atoms with Crippen LogP contribution in [0.3, 0.4) is 0 Å². The standard InChI is InChI=1S/C20H24O7S2.C18H17BrO3.C17H16N2O4S3.C17H18O2.C15H10ClN3O2S.C15H10IN3O2S/c1-16(22)12-14-29(25,26)20-10-8-19(9-11-20)27-18-6-4-17(5-7-18)3-2-13-28(23,24)15-21;1-3-22-18-8-7-15(11-16(18)19)17(21)10-13-5-4-6-14(9-13)12(2)20;1-2-18-12-6-4-3-5-11(12)13(15(18)20)14-16(21)19(17(24)25-14)10-7-8-26(22,23)9-10;1-13-4-2-3-5-16(13)11-10-14-6-8-15(9-7-14)12-17(18)19;2*16-9-3-5-10(6-4-9)19-7-1-2-11(19)8-12-13(20)17-15(22)18-14(12)21/h4-11,21H,2-3,12-15H2,1H3;4-9,11H,3,10H2,1-2H3;3-6,10H,2,7-9H2,1H3;2-9H,10-12H2,1H3,(H,18,19);2*1-8H,(H2,17,18,20,21,22)/b;;14-13-;;;. The number of rotatable bonds is 28. The van der Waals surface area contributed by atoms with E-state index in [-0.39, 0.29) is 97.7 Å². The van der Waals surface area contributed by atoms with E-state index in [4.69, 9.17) is 67.9 Å². The molecule has 726 valence electrons. The van der Waals surface area contributed by atoms with Gasteiger partial charge in [0, 0.05) is 79.8 Å². The number of amides is 6. The van der Waals surface area contributed by atoms with Crippen LogP contribution in [0.1, 0.15) is 118 Å². The van der Waals surface area contributed by atoms with Gasteiger partial charge in [0.05, 0.1) is 67.6 Å². The van der Waals surface area contributed by atoms with Crippen LogP contribution in [0.15, 0.2) is 274 Å². The molecule has 4 fully saturated rings. The number of likely N-dealkylation sites (N-methyl/N-ethyl adjacent to an activating group) is 1. The molecule has 16 rings (SSSR count). The summed E-state index contributed by atoms with van der Waals surface area (Å²) in [5.74, 6) is -2.94. The maximum Gasteiger partial charge on any atom is 0.307 e. The summed E-state index contributed by atoms with van der Waals surface area (Å²) < 4.78 is 87.5. The van der Waals surface area contributed by atoms with Crippen LogP contribution in [0.4, 0.5) is 5.69 Å². The Bertz CT molecular complexity index is 6870. The molecule has 28 nitrogen and oxygen atoms in total. The first-order chi connectivity index (χ1) is 66.7. The first-order valence-corrected chi connectivity index (χ1v) is 53.1. The molecule has 0 aliphatic carbocycles. The Hall–Kier alpha value is -12.4. The molecule has 0 saturated carbocycles. The van der Waals surface area contributed by atoms with E-state index in [2.05, 4.69) is 91.0 Å². The van der Waals surface area contributed by atoms with E-state index >= 15 is 0 Å². The average molecular weight is 2220 g/mol. The van der Waals surface area contributed by atoms with Crippen molar-refractivity contribution in [2.24, 2.45) is 0 Å². The molecule has 6 amide bonds. The number of carbonyl (C=O) groups is 10. The second kappa shape index (κ2) is 50.1. The van der Waals surface area contributed by atoms with Gasteiger partial charge < -0.3 is 33.7 Å². The summed E-state index contributed by atoms with van der Waals surface area (Å²) in [5, 5.41) is 27.8. The largest absolute Gasteiger partial charge is 0.493 e. The zero-order chi connectivity index (χ0) is 101. The van der Waals surface area contributed by atoms with Crippen LogP contribution in [0.2, 0.25) is 5.02 Å². The van der Waals surface area contributed by atoms with Crippen molar-refractivity contribution >= 4 is 225 Å². The van der Waals surface area contributed by atoms with Crippen LogP contribution >= 0.6 is 98.5 Å². The van der Waals surface area contributed by atoms with Crippen LogP contribution < -0.4 is 35.6 Å². The van der Waals surface area contributed by atoms with E-state index in [9.17, 15) is 73.2 Å². The lowest BCUT2D eigenvalue weighted by atomic mass is 10.00. The van der Waals surface area contributed by atoms with E-state index < -0.39 is 71.1 Å². The molecule has 140 heavy (non-hydrogen) atoms. The van der Waals surface area contributed by atoms with Crippen LogP contribution in [0.5, 0.6) is 17.2 Å². The number of benzene rings is 9. The van der Waals surface area contributed by atoms with Crippen molar-refractivity contribution < 1.29 is 92.9 Å². The number of para-hydroxylation sites is 1. The predicted molar refractivity (Wildman–Crippen MR) is 564 cm³/mol. The summed E-state index contributed by atoms with van der Waals surface area (Å²) in [7, 11) is -10.0. The van der Waals surface area contributed by atoms with E-state index in [0.717, 1.165) is 83.4 Å². The molecule has 11 aromatic rings. The fourth-order valence-corrected chi connectivity index (χ4v) is 21.3. The van der Waals surface area contributed by atoms with Gasteiger partial charge in [-0.1, -0.05) is 133 Å². The average Bonchev–Trinajstić information content (AvgIpc) is 1.59. The number of halogens is 3. The lowest BCUT2D eigenvalue weighted by Gasteiger charge is -2.21. The number of aliphatic hydroxyl groups is 1. The van der Waals surface area contributed by atoms with E-state index in [1.165, 1.54) is 53.6 Å². The molecular formula is C102H95BrClIN8O20S7. The minimum atomic E-state index is -3.51. The number of ketones is 3. The van der Waals surface area contributed by atoms with E-state index in [0.29, 0.717) is 80.6 Å². The molecule has 1 unspecified atom stereocenters. The Labute approximate surface area is 857 Å². The Morgan fingerprint density at radius 1 is 0.607 bits per heavy atom. The van der Waals surface area contributed by atoms with Crippen LogP contribution in [-0.4, -0.2) is 171 Å². The minimum absolute atomic E-state index is 0.00175. The van der Waals surface area contributed by atoms with Gasteiger partial charge in [0.2, 0.25) is 0 Å². The number of fused-ring (bicyclic) bond motifs is 1. The number of aliphatic carboxylic acids is 1. The number of Topliss-reactive ketones (excluding diaryl/α,β-unsaturated/α-hetero) is 3. The Morgan fingerprint density at radius 2 is 1.16 bits per heavy atom. The molecule has 38 heteroatoms. The summed E-state index contributed by atoms with van der Waals surface area (Å²) in [4.78, 5) is 122. The molecule has 9 aromatic carbocycles. The number of aromatic nitrogens is 2. The molecule has 0 radical (unpaired) electrons. The van der Waals surface area contributed by atoms with Gasteiger partial charge in [-0.3, -0.25) is 74.1 Å². The highest BCUT2D eigenvalue weighted by molar-refractivity contribution is 14.1. The second-order valence-corrected chi connectivity index (χ2v) is 43.4. The smallest absolute Gasteiger partial charge is 0.307 e. The molecule has 0 bridgehead atoms. The maximum atomic E-state index is 13.0. The predicted octanol–water partition coefficient (Wildman–Crippen LogP) is 16.3. The number of thioether (sulfide) groups is 1. The lowest BCUT2D eigenvalue weighted by molar-refractivity contribution is -0.136. The monoisotopic (exact) mass is 2220 g/mol. The molecule has 0 spiro atoms. The normalized spacial score (nSPS) is 15.2. The van der Waals surface area contributed by atoms with Gasteiger partial charge >= 0.3 is 5.97 Å². The Kier molecular flexibility index (Phi) is 38.7. The van der Waals surface area contributed by atoms with Crippen LogP contribution in [0, 0.1) is 10.5 Å². The Morgan fingerprint density at radius 3 is 1.69 bits per heavy atom. The fraction of sp³-hybridized carbons (Fsp3) is 0.206. The molecule has 5 aliphatic rings. The number of anilines is 1. The molecule has 7 heterocycles. The number of carboxylic acid groups (broad SMARTS) is 1. The number of hydrogen-bond donors (Lipinski definition) is 6. The number of hydrogen-bond acceptors (Lipinski definition) is 23. The second-order valence-electron chi connectivity index (χ2n) is 31.9. The van der Waals surface area contributed by atoms with Gasteiger partial charge in [0.25, 0.3) is 35.4 Å². The Balaban J connectivity index is 0.000000161. The SMILES string of the molecule is CC(=O)CCS(=O)(=O)c1ccc(Oc2ccc(CCCS(=O)(=O)CO)cc2)cc1.CCN1C(=O)/C(=C2\SC(=S)N(C3CCS(=O)(=O)C3)C2=O)c2ccccc21.CCOc1ccc(C(=O)Cc2cccc(C(C)=O)c2)cc1Br.Cc1ccccc1CCc1ccc(CC(=O)O)cc1.O=C1NC(=S)NC(=O)C1=Cc1cccn1-c1ccc(Cl)cc1.O=C1NC(=S)NC(=O)C1=Cc1cccn1-c1ccc(I)cc1.